The largest absolute Gasteiger partial charge is 0.300 e. The van der Waals surface area contributed by atoms with Gasteiger partial charge in [-0.3, -0.25) is 4.79 Å². The van der Waals surface area contributed by atoms with Crippen molar-refractivity contribution in [3.8, 4) is 0 Å². The van der Waals surface area contributed by atoms with Crippen molar-refractivity contribution in [2.75, 3.05) is 6.26 Å². The number of carbonyl (C=O) groups excluding carboxylic acids is 1. The molecule has 0 aliphatic heterocycles. The molecule has 0 saturated carbocycles. The van der Waals surface area contributed by atoms with Gasteiger partial charge in [0.2, 0.25) is 0 Å². The minimum absolute atomic E-state index is 0.0341. The Balaban J connectivity index is 3.02. The van der Waals surface area contributed by atoms with Crippen molar-refractivity contribution in [2.24, 2.45) is 0 Å². The molecule has 0 spiro atoms. The number of halogens is 2. The Bertz CT molecular complexity index is 364. The first-order valence-corrected chi connectivity index (χ1v) is 5.71. The predicted molar refractivity (Wildman–Crippen MR) is 57.6 cm³/mol. The minimum Gasteiger partial charge on any atom is -0.300 e. The van der Waals surface area contributed by atoms with Crippen molar-refractivity contribution in [1.29, 1.82) is 0 Å². The lowest BCUT2D eigenvalue weighted by molar-refractivity contribution is -0.116. The average Bonchev–Trinajstić information content (AvgIpc) is 2.16. The molecule has 1 nitrogen and oxygen atoms in total. The van der Waals surface area contributed by atoms with Crippen molar-refractivity contribution in [1.82, 2.24) is 0 Å². The molecule has 1 rings (SSSR count). The maximum absolute atomic E-state index is 12.5. The first-order chi connectivity index (χ1) is 7.04. The lowest BCUT2D eigenvalue weighted by Gasteiger charge is -2.08. The third kappa shape index (κ3) is 3.30. The molecule has 0 atom stereocenters. The number of benzene rings is 1. The molecule has 1 aromatic carbocycles. The van der Waals surface area contributed by atoms with Crippen LogP contribution in [0.2, 0.25) is 0 Å². The van der Waals surface area contributed by atoms with Gasteiger partial charge in [0.05, 0.1) is 0 Å². The zero-order chi connectivity index (χ0) is 11.4. The van der Waals surface area contributed by atoms with Crippen LogP contribution in [0.4, 0.5) is 8.78 Å². The van der Waals surface area contributed by atoms with Gasteiger partial charge in [0.15, 0.2) is 0 Å². The average molecular weight is 230 g/mol. The molecule has 1 aromatic rings. The summed E-state index contributed by atoms with van der Waals surface area (Å²) in [4.78, 5) is 11.4. The molecule has 0 aromatic heterocycles. The van der Waals surface area contributed by atoms with E-state index in [1.54, 1.807) is 18.4 Å². The molecule has 0 unspecified atom stereocenters. The first-order valence-electron chi connectivity index (χ1n) is 4.49. The van der Waals surface area contributed by atoms with Gasteiger partial charge in [-0.1, -0.05) is 12.1 Å². The zero-order valence-electron chi connectivity index (χ0n) is 8.59. The molecule has 0 radical (unpaired) electrons. The third-order valence-corrected chi connectivity index (χ3v) is 2.78. The maximum atomic E-state index is 12.5. The summed E-state index contributed by atoms with van der Waals surface area (Å²) in [6.45, 7) is 1.49. The van der Waals surface area contributed by atoms with E-state index in [9.17, 15) is 13.6 Å². The Morgan fingerprint density at radius 3 is 2.60 bits per heavy atom. The summed E-state index contributed by atoms with van der Waals surface area (Å²) in [5.74, 6) is 0.0341. The monoisotopic (exact) mass is 230 g/mol. The number of carbonyl (C=O) groups is 1. The Kier molecular flexibility index (Phi) is 4.27. The van der Waals surface area contributed by atoms with Crippen molar-refractivity contribution in [3.63, 3.8) is 0 Å². The van der Waals surface area contributed by atoms with Crippen LogP contribution in [0, 0.1) is 0 Å². The van der Waals surface area contributed by atoms with E-state index in [4.69, 9.17) is 0 Å². The van der Waals surface area contributed by atoms with E-state index in [1.807, 2.05) is 0 Å². The van der Waals surface area contributed by atoms with Crippen molar-refractivity contribution in [2.45, 2.75) is 24.7 Å². The third-order valence-electron chi connectivity index (χ3n) is 1.99. The Morgan fingerprint density at radius 1 is 1.47 bits per heavy atom. The Morgan fingerprint density at radius 2 is 2.13 bits per heavy atom. The summed E-state index contributed by atoms with van der Waals surface area (Å²) in [7, 11) is 0. The topological polar surface area (TPSA) is 17.1 Å². The number of rotatable bonds is 4. The second-order valence-electron chi connectivity index (χ2n) is 3.26. The van der Waals surface area contributed by atoms with Crippen LogP contribution in [-0.4, -0.2) is 12.0 Å². The molecule has 0 aliphatic carbocycles. The maximum Gasteiger partial charge on any atom is 0.264 e. The molecule has 0 heterocycles. The fourth-order valence-corrected chi connectivity index (χ4v) is 2.00. The second-order valence-corrected chi connectivity index (χ2v) is 4.10. The van der Waals surface area contributed by atoms with E-state index in [1.165, 1.54) is 24.8 Å². The van der Waals surface area contributed by atoms with Crippen LogP contribution in [0.25, 0.3) is 0 Å². The summed E-state index contributed by atoms with van der Waals surface area (Å²) < 4.78 is 25.1. The van der Waals surface area contributed by atoms with Gasteiger partial charge in [-0.2, -0.15) is 0 Å². The molecule has 0 fully saturated rings. The van der Waals surface area contributed by atoms with Crippen molar-refractivity contribution in [3.05, 3.63) is 29.3 Å². The molecular formula is C11H12F2OS. The standard InChI is InChI=1S/C11H12F2OS/c1-7(14)5-8-3-4-9(11(12)13)10(6-8)15-2/h3-4,6,11H,5H2,1-2H3. The van der Waals surface area contributed by atoms with Crippen LogP contribution in [-0.2, 0) is 11.2 Å². The van der Waals surface area contributed by atoms with E-state index >= 15 is 0 Å². The normalized spacial score (nSPS) is 10.7. The number of hydrogen-bond acceptors (Lipinski definition) is 2. The molecular weight excluding hydrogens is 218 g/mol. The van der Waals surface area contributed by atoms with Gasteiger partial charge >= 0.3 is 0 Å². The van der Waals surface area contributed by atoms with E-state index in [-0.39, 0.29) is 11.3 Å². The summed E-state index contributed by atoms with van der Waals surface area (Å²) in [5, 5.41) is 0. The summed E-state index contributed by atoms with van der Waals surface area (Å²) in [6, 6.07) is 4.64. The van der Waals surface area contributed by atoms with Crippen LogP contribution < -0.4 is 0 Å². The van der Waals surface area contributed by atoms with Gasteiger partial charge in [0.25, 0.3) is 6.43 Å². The van der Waals surface area contributed by atoms with Crippen molar-refractivity contribution < 1.29 is 13.6 Å². The van der Waals surface area contributed by atoms with Crippen LogP contribution in [0.5, 0.6) is 0 Å². The number of alkyl halides is 2. The quantitative estimate of drug-likeness (QED) is 0.737. The van der Waals surface area contributed by atoms with E-state index in [0.717, 1.165) is 5.56 Å². The Hall–Kier alpha value is -0.900. The van der Waals surface area contributed by atoms with Gasteiger partial charge in [0.1, 0.15) is 5.78 Å². The fourth-order valence-electron chi connectivity index (χ4n) is 1.33. The van der Waals surface area contributed by atoms with Gasteiger partial charge in [0, 0.05) is 16.9 Å². The Labute approximate surface area is 91.9 Å². The zero-order valence-corrected chi connectivity index (χ0v) is 9.41. The highest BCUT2D eigenvalue weighted by Crippen LogP contribution is 2.30. The molecule has 4 heteroatoms. The highest BCUT2D eigenvalue weighted by Gasteiger charge is 2.12. The minimum atomic E-state index is -2.46. The number of Topliss-reactive ketones (excluding diaryl/α,β-unsaturated/α-hetero) is 1. The summed E-state index contributed by atoms with van der Waals surface area (Å²) in [6.07, 6.45) is -0.408. The number of hydrogen-bond donors (Lipinski definition) is 0. The van der Waals surface area contributed by atoms with E-state index in [0.29, 0.717) is 11.3 Å². The smallest absolute Gasteiger partial charge is 0.264 e. The van der Waals surface area contributed by atoms with E-state index in [2.05, 4.69) is 0 Å². The first kappa shape index (κ1) is 12.2. The van der Waals surface area contributed by atoms with Gasteiger partial charge in [-0.25, -0.2) is 8.78 Å². The molecule has 15 heavy (non-hydrogen) atoms. The van der Waals surface area contributed by atoms with Crippen molar-refractivity contribution >= 4 is 17.5 Å². The summed E-state index contributed by atoms with van der Waals surface area (Å²) >= 11 is 1.27. The van der Waals surface area contributed by atoms with Gasteiger partial charge in [-0.05, 0) is 24.8 Å². The van der Waals surface area contributed by atoms with Crippen LogP contribution in [0.15, 0.2) is 23.1 Å². The molecule has 0 bridgehead atoms. The molecule has 0 aliphatic rings. The molecule has 82 valence electrons. The van der Waals surface area contributed by atoms with Crippen LogP contribution in [0.3, 0.4) is 0 Å². The summed E-state index contributed by atoms with van der Waals surface area (Å²) in [5.41, 5.74) is 0.825. The van der Waals surface area contributed by atoms with Crippen LogP contribution >= 0.6 is 11.8 Å². The molecule has 0 saturated heterocycles. The lowest BCUT2D eigenvalue weighted by Crippen LogP contribution is -1.98. The number of thioether (sulfide) groups is 1. The highest BCUT2D eigenvalue weighted by molar-refractivity contribution is 7.98. The predicted octanol–water partition coefficient (Wildman–Crippen LogP) is 3.48. The lowest BCUT2D eigenvalue weighted by atomic mass is 10.1. The van der Waals surface area contributed by atoms with E-state index < -0.39 is 6.43 Å². The SMILES string of the molecule is CSc1cc(CC(C)=O)ccc1C(F)F. The molecule has 0 N–H and O–H groups in total. The van der Waals surface area contributed by atoms with Crippen LogP contribution in [0.1, 0.15) is 24.5 Å². The molecule has 0 amide bonds. The number of ketones is 1. The highest BCUT2D eigenvalue weighted by atomic mass is 32.2. The fraction of sp³-hybridized carbons (Fsp3) is 0.364. The van der Waals surface area contributed by atoms with Gasteiger partial charge < -0.3 is 0 Å². The van der Waals surface area contributed by atoms with Gasteiger partial charge in [-0.15, -0.1) is 11.8 Å². The second kappa shape index (κ2) is 5.26.